The Bertz CT molecular complexity index is 587. The Labute approximate surface area is 123 Å². The summed E-state index contributed by atoms with van der Waals surface area (Å²) in [6.45, 7) is 8.92. The van der Waals surface area contributed by atoms with E-state index in [2.05, 4.69) is 25.1 Å². The van der Waals surface area contributed by atoms with E-state index in [1.54, 1.807) is 0 Å². The van der Waals surface area contributed by atoms with E-state index in [1.807, 2.05) is 20.8 Å². The number of aromatic nitrogens is 4. The zero-order valence-corrected chi connectivity index (χ0v) is 12.7. The normalized spacial score (nSPS) is 20.0. The number of nitrogens with one attached hydrogen (secondary N) is 1. The van der Waals surface area contributed by atoms with E-state index in [0.29, 0.717) is 13.2 Å². The van der Waals surface area contributed by atoms with Gasteiger partial charge in [-0.05, 0) is 13.8 Å². The molecule has 1 aliphatic heterocycles. The van der Waals surface area contributed by atoms with Crippen LogP contribution in [0.3, 0.4) is 0 Å². The van der Waals surface area contributed by atoms with Gasteiger partial charge in [0.25, 0.3) is 0 Å². The number of morpholine rings is 1. The lowest BCUT2D eigenvalue weighted by molar-refractivity contribution is -0.0393. The molecular weight excluding hydrogens is 270 g/mol. The molecule has 21 heavy (non-hydrogen) atoms. The van der Waals surface area contributed by atoms with Crippen LogP contribution in [0.2, 0.25) is 0 Å². The van der Waals surface area contributed by atoms with Gasteiger partial charge in [0.1, 0.15) is 17.7 Å². The monoisotopic (exact) mass is 291 g/mol. The van der Waals surface area contributed by atoms with Gasteiger partial charge in [0.2, 0.25) is 5.89 Å². The highest BCUT2D eigenvalue weighted by atomic mass is 16.5. The van der Waals surface area contributed by atoms with Gasteiger partial charge >= 0.3 is 0 Å². The summed E-state index contributed by atoms with van der Waals surface area (Å²) < 4.78 is 11.4. The van der Waals surface area contributed by atoms with Crippen molar-refractivity contribution >= 4 is 0 Å². The highest BCUT2D eigenvalue weighted by Gasteiger charge is 2.26. The summed E-state index contributed by atoms with van der Waals surface area (Å²) in [5, 5.41) is 7.18. The van der Waals surface area contributed by atoms with Gasteiger partial charge in [-0.2, -0.15) is 5.10 Å². The summed E-state index contributed by atoms with van der Waals surface area (Å²) in [7, 11) is 0. The van der Waals surface area contributed by atoms with Crippen molar-refractivity contribution in [2.45, 2.75) is 39.8 Å². The van der Waals surface area contributed by atoms with Gasteiger partial charge in [0.15, 0.2) is 5.82 Å². The lowest BCUT2D eigenvalue weighted by atomic mass is 10.2. The first kappa shape index (κ1) is 14.2. The maximum atomic E-state index is 5.78. The van der Waals surface area contributed by atoms with Gasteiger partial charge in [-0.15, -0.1) is 0 Å². The summed E-state index contributed by atoms with van der Waals surface area (Å²) in [5.41, 5.74) is 0.955. The number of oxazole rings is 1. The molecule has 0 aromatic carbocycles. The van der Waals surface area contributed by atoms with Crippen molar-refractivity contribution in [2.75, 3.05) is 19.7 Å². The molecule has 0 amide bonds. The highest BCUT2D eigenvalue weighted by Crippen LogP contribution is 2.21. The van der Waals surface area contributed by atoms with Crippen molar-refractivity contribution in [3.63, 3.8) is 0 Å². The smallest absolute Gasteiger partial charge is 0.208 e. The Kier molecular flexibility index (Phi) is 4.03. The predicted molar refractivity (Wildman–Crippen MR) is 75.7 cm³/mol. The molecule has 1 atom stereocenters. The molecule has 7 heteroatoms. The van der Waals surface area contributed by atoms with E-state index in [4.69, 9.17) is 9.15 Å². The number of aryl methyl sites for hydroxylation is 3. The minimum Gasteiger partial charge on any atom is -0.444 e. The molecule has 3 rings (SSSR count). The molecular formula is C14H21N5O2. The molecule has 7 nitrogen and oxygen atoms in total. The van der Waals surface area contributed by atoms with Crippen LogP contribution in [-0.2, 0) is 17.7 Å². The summed E-state index contributed by atoms with van der Waals surface area (Å²) in [6, 6.07) is 0. The Balaban J connectivity index is 1.65. The minimum absolute atomic E-state index is 0.0903. The second kappa shape index (κ2) is 5.95. The molecule has 1 N–H and O–H groups in total. The zero-order chi connectivity index (χ0) is 14.8. The molecule has 0 bridgehead atoms. The first-order chi connectivity index (χ1) is 10.2. The quantitative estimate of drug-likeness (QED) is 0.920. The van der Waals surface area contributed by atoms with E-state index in [9.17, 15) is 0 Å². The number of nitrogens with zero attached hydrogens (tertiary/aromatic N) is 4. The van der Waals surface area contributed by atoms with Crippen molar-refractivity contribution in [3.8, 4) is 0 Å². The maximum Gasteiger partial charge on any atom is 0.208 e. The first-order valence-corrected chi connectivity index (χ1v) is 7.33. The fraction of sp³-hybridized carbons (Fsp3) is 0.643. The van der Waals surface area contributed by atoms with Gasteiger partial charge in [0, 0.05) is 19.5 Å². The molecule has 1 aliphatic rings. The summed E-state index contributed by atoms with van der Waals surface area (Å²) in [4.78, 5) is 11.2. The molecule has 0 spiro atoms. The van der Waals surface area contributed by atoms with Crippen molar-refractivity contribution < 1.29 is 9.15 Å². The first-order valence-electron chi connectivity index (χ1n) is 7.33. The third-order valence-corrected chi connectivity index (χ3v) is 3.75. The van der Waals surface area contributed by atoms with E-state index >= 15 is 0 Å². The Morgan fingerprint density at radius 1 is 1.33 bits per heavy atom. The SMILES string of the molecule is CCc1nc([C@@H]2CN(Cc3nc(C)c(C)o3)CCO2)n[nH]1. The Morgan fingerprint density at radius 3 is 2.86 bits per heavy atom. The Hall–Kier alpha value is -1.73. The van der Waals surface area contributed by atoms with Crippen LogP contribution < -0.4 is 0 Å². The van der Waals surface area contributed by atoms with Crippen LogP contribution in [0.5, 0.6) is 0 Å². The van der Waals surface area contributed by atoms with E-state index in [-0.39, 0.29) is 6.10 Å². The molecule has 114 valence electrons. The molecule has 0 unspecified atom stereocenters. The number of H-pyrrole nitrogens is 1. The van der Waals surface area contributed by atoms with Crippen LogP contribution in [0.25, 0.3) is 0 Å². The second-order valence-corrected chi connectivity index (χ2v) is 5.34. The molecule has 1 saturated heterocycles. The van der Waals surface area contributed by atoms with Crippen molar-refractivity contribution in [2.24, 2.45) is 0 Å². The number of hydrogen-bond acceptors (Lipinski definition) is 6. The van der Waals surface area contributed by atoms with Crippen molar-refractivity contribution in [1.29, 1.82) is 0 Å². The van der Waals surface area contributed by atoms with Gasteiger partial charge in [-0.3, -0.25) is 10.00 Å². The maximum absolute atomic E-state index is 5.78. The van der Waals surface area contributed by atoms with E-state index in [1.165, 1.54) is 0 Å². The zero-order valence-electron chi connectivity index (χ0n) is 12.7. The lowest BCUT2D eigenvalue weighted by Gasteiger charge is -2.30. The van der Waals surface area contributed by atoms with Gasteiger partial charge < -0.3 is 9.15 Å². The highest BCUT2D eigenvalue weighted by molar-refractivity contribution is 5.05. The molecule has 0 radical (unpaired) electrons. The van der Waals surface area contributed by atoms with Crippen LogP contribution >= 0.6 is 0 Å². The summed E-state index contributed by atoms with van der Waals surface area (Å²) >= 11 is 0. The fourth-order valence-corrected chi connectivity index (χ4v) is 2.41. The molecule has 2 aromatic rings. The van der Waals surface area contributed by atoms with Crippen LogP contribution in [0, 0.1) is 13.8 Å². The van der Waals surface area contributed by atoms with Gasteiger partial charge in [-0.1, -0.05) is 6.92 Å². The number of hydrogen-bond donors (Lipinski definition) is 1. The Morgan fingerprint density at radius 2 is 2.19 bits per heavy atom. The predicted octanol–water partition coefficient (Wildman–Crippen LogP) is 1.55. The lowest BCUT2D eigenvalue weighted by Crippen LogP contribution is -2.38. The average Bonchev–Trinajstić information content (AvgIpc) is 3.07. The largest absolute Gasteiger partial charge is 0.444 e. The topological polar surface area (TPSA) is 80.1 Å². The number of aromatic amines is 1. The van der Waals surface area contributed by atoms with Crippen LogP contribution in [-0.4, -0.2) is 44.8 Å². The molecule has 2 aromatic heterocycles. The fourth-order valence-electron chi connectivity index (χ4n) is 2.41. The van der Waals surface area contributed by atoms with Crippen LogP contribution in [0.1, 0.15) is 42.0 Å². The molecule has 0 aliphatic carbocycles. The van der Waals surface area contributed by atoms with E-state index < -0.39 is 0 Å². The van der Waals surface area contributed by atoms with Crippen molar-refractivity contribution in [1.82, 2.24) is 25.1 Å². The minimum atomic E-state index is -0.0903. The van der Waals surface area contributed by atoms with Gasteiger partial charge in [-0.25, -0.2) is 9.97 Å². The number of rotatable bonds is 4. The van der Waals surface area contributed by atoms with Crippen LogP contribution in [0.4, 0.5) is 0 Å². The second-order valence-electron chi connectivity index (χ2n) is 5.34. The third-order valence-electron chi connectivity index (χ3n) is 3.75. The van der Waals surface area contributed by atoms with Crippen LogP contribution in [0.15, 0.2) is 4.42 Å². The standard InChI is InChI=1S/C14H21N5O2/c1-4-12-16-14(18-17-12)11-7-19(5-6-20-11)8-13-15-9(2)10(3)21-13/h11H,4-8H2,1-3H3,(H,16,17,18)/t11-/m0/s1. The van der Waals surface area contributed by atoms with E-state index in [0.717, 1.165) is 48.5 Å². The van der Waals surface area contributed by atoms with Gasteiger partial charge in [0.05, 0.1) is 18.8 Å². The molecule has 3 heterocycles. The van der Waals surface area contributed by atoms with Crippen molar-refractivity contribution in [3.05, 3.63) is 29.0 Å². The molecule has 0 saturated carbocycles. The average molecular weight is 291 g/mol. The number of ether oxygens (including phenoxy) is 1. The summed E-state index contributed by atoms with van der Waals surface area (Å²) in [5.74, 6) is 3.27. The molecule has 1 fully saturated rings. The summed E-state index contributed by atoms with van der Waals surface area (Å²) in [6.07, 6.45) is 0.755. The third kappa shape index (κ3) is 3.14.